The maximum Gasteiger partial charge on any atom is 0.273 e. The fourth-order valence-corrected chi connectivity index (χ4v) is 4.81. The Hall–Kier alpha value is -3.15. The summed E-state index contributed by atoms with van der Waals surface area (Å²) in [6, 6.07) is 12.4. The van der Waals surface area contributed by atoms with E-state index in [-0.39, 0.29) is 5.91 Å². The van der Waals surface area contributed by atoms with Gasteiger partial charge in [0.15, 0.2) is 5.69 Å². The lowest BCUT2D eigenvalue weighted by Crippen LogP contribution is -2.38. The number of nitrogens with zero attached hydrogens (tertiary/aromatic N) is 3. The molecule has 1 saturated heterocycles. The standard InChI is InChI=1S/C26H32N4O2/c1-16-8-17(2)15-30(14-16)23-6-7-24(21-9-18(3)28-19(4)10-21)22(12-23)13-27-26(31)25-11-20(5)32-29-25/h6-7,9-12,16-17H,8,13-15H2,1-5H3,(H,27,31)/t16-,17+. The minimum absolute atomic E-state index is 0.236. The fraction of sp³-hybridized carbons (Fsp3) is 0.423. The maximum atomic E-state index is 12.6. The van der Waals surface area contributed by atoms with Crippen molar-refractivity contribution >= 4 is 11.6 Å². The third kappa shape index (κ3) is 5.01. The zero-order valence-corrected chi connectivity index (χ0v) is 19.6. The Balaban J connectivity index is 1.66. The van der Waals surface area contributed by atoms with Crippen molar-refractivity contribution in [3.05, 3.63) is 64.8 Å². The summed E-state index contributed by atoms with van der Waals surface area (Å²) in [6.45, 7) is 13.0. The maximum absolute atomic E-state index is 12.6. The van der Waals surface area contributed by atoms with Gasteiger partial charge in [0.25, 0.3) is 5.91 Å². The van der Waals surface area contributed by atoms with Gasteiger partial charge in [-0.15, -0.1) is 0 Å². The second-order valence-electron chi connectivity index (χ2n) is 9.34. The lowest BCUT2D eigenvalue weighted by atomic mass is 9.91. The summed E-state index contributed by atoms with van der Waals surface area (Å²) in [7, 11) is 0. The molecule has 1 aromatic carbocycles. The average Bonchev–Trinajstić information content (AvgIpc) is 3.17. The molecule has 0 bridgehead atoms. The molecule has 0 spiro atoms. The molecule has 3 heterocycles. The molecule has 0 unspecified atom stereocenters. The van der Waals surface area contributed by atoms with Crippen LogP contribution >= 0.6 is 0 Å². The first kappa shape index (κ1) is 22.1. The van der Waals surface area contributed by atoms with Crippen molar-refractivity contribution in [2.24, 2.45) is 11.8 Å². The Bertz CT molecular complexity index is 1090. The minimum Gasteiger partial charge on any atom is -0.371 e. The molecule has 0 saturated carbocycles. The molecule has 0 radical (unpaired) electrons. The molecule has 1 aliphatic heterocycles. The van der Waals surface area contributed by atoms with Crippen LogP contribution in [-0.2, 0) is 6.54 Å². The van der Waals surface area contributed by atoms with E-state index in [1.807, 2.05) is 13.8 Å². The van der Waals surface area contributed by atoms with E-state index in [2.05, 4.69) is 64.5 Å². The SMILES string of the molecule is Cc1cc(-c2ccc(N3C[C@H](C)C[C@H](C)C3)cc2CNC(=O)c2cc(C)on2)cc(C)n1. The number of aryl methyl sites for hydroxylation is 3. The zero-order chi connectivity index (χ0) is 22.8. The second-order valence-corrected chi connectivity index (χ2v) is 9.34. The highest BCUT2D eigenvalue weighted by molar-refractivity contribution is 5.92. The third-order valence-electron chi connectivity index (χ3n) is 6.02. The van der Waals surface area contributed by atoms with Crippen LogP contribution in [0.15, 0.2) is 40.9 Å². The normalized spacial score (nSPS) is 18.6. The molecule has 1 amide bonds. The Morgan fingerprint density at radius 3 is 2.38 bits per heavy atom. The van der Waals surface area contributed by atoms with Crippen LogP contribution in [0.25, 0.3) is 11.1 Å². The van der Waals surface area contributed by atoms with E-state index < -0.39 is 0 Å². The lowest BCUT2D eigenvalue weighted by molar-refractivity contribution is 0.0942. The summed E-state index contributed by atoms with van der Waals surface area (Å²) in [5.74, 6) is 1.72. The van der Waals surface area contributed by atoms with Gasteiger partial charge < -0.3 is 14.7 Å². The monoisotopic (exact) mass is 432 g/mol. The molecular formula is C26H32N4O2. The van der Waals surface area contributed by atoms with Crippen LogP contribution in [0.5, 0.6) is 0 Å². The Morgan fingerprint density at radius 1 is 1.06 bits per heavy atom. The van der Waals surface area contributed by atoms with Gasteiger partial charge in [-0.05, 0) is 80.0 Å². The predicted molar refractivity (Wildman–Crippen MR) is 127 cm³/mol. The number of aromatic nitrogens is 2. The van der Waals surface area contributed by atoms with E-state index in [0.29, 0.717) is 29.8 Å². The van der Waals surface area contributed by atoms with Crippen molar-refractivity contribution in [1.82, 2.24) is 15.5 Å². The van der Waals surface area contributed by atoms with Crippen molar-refractivity contribution in [3.8, 4) is 11.1 Å². The van der Waals surface area contributed by atoms with E-state index in [0.717, 1.165) is 41.2 Å². The number of hydrogen-bond acceptors (Lipinski definition) is 5. The molecule has 0 aliphatic carbocycles. The molecule has 168 valence electrons. The van der Waals surface area contributed by atoms with E-state index >= 15 is 0 Å². The minimum atomic E-state index is -0.236. The number of carbonyl (C=O) groups is 1. The van der Waals surface area contributed by atoms with Gasteiger partial charge in [-0.1, -0.05) is 25.1 Å². The molecule has 3 aromatic rings. The van der Waals surface area contributed by atoms with Gasteiger partial charge in [0.2, 0.25) is 0 Å². The van der Waals surface area contributed by atoms with Crippen LogP contribution in [0.2, 0.25) is 0 Å². The number of rotatable bonds is 5. The smallest absolute Gasteiger partial charge is 0.273 e. The van der Waals surface area contributed by atoms with Gasteiger partial charge in [0.05, 0.1) is 0 Å². The molecule has 6 nitrogen and oxygen atoms in total. The Kier molecular flexibility index (Phi) is 6.31. The highest BCUT2D eigenvalue weighted by atomic mass is 16.5. The second kappa shape index (κ2) is 9.15. The molecule has 1 fully saturated rings. The van der Waals surface area contributed by atoms with E-state index in [1.165, 1.54) is 12.1 Å². The average molecular weight is 433 g/mol. The topological polar surface area (TPSA) is 71.3 Å². The quantitative estimate of drug-likeness (QED) is 0.609. The first-order valence-corrected chi connectivity index (χ1v) is 11.3. The number of piperidine rings is 1. The number of pyridine rings is 1. The summed E-state index contributed by atoms with van der Waals surface area (Å²) in [5.41, 5.74) is 6.77. The molecule has 1 N–H and O–H groups in total. The number of amides is 1. The van der Waals surface area contributed by atoms with Crippen molar-refractivity contribution < 1.29 is 9.32 Å². The molecular weight excluding hydrogens is 400 g/mol. The predicted octanol–water partition coefficient (Wildman–Crippen LogP) is 5.07. The van der Waals surface area contributed by atoms with Crippen molar-refractivity contribution in [2.45, 2.75) is 47.6 Å². The van der Waals surface area contributed by atoms with Gasteiger partial charge in [-0.3, -0.25) is 9.78 Å². The zero-order valence-electron chi connectivity index (χ0n) is 19.6. The van der Waals surface area contributed by atoms with Gasteiger partial charge in [-0.25, -0.2) is 0 Å². The molecule has 32 heavy (non-hydrogen) atoms. The van der Waals surface area contributed by atoms with Crippen molar-refractivity contribution in [3.63, 3.8) is 0 Å². The van der Waals surface area contributed by atoms with Crippen LogP contribution in [0.4, 0.5) is 5.69 Å². The summed E-state index contributed by atoms with van der Waals surface area (Å²) in [6.07, 6.45) is 1.27. The summed E-state index contributed by atoms with van der Waals surface area (Å²) in [4.78, 5) is 19.6. The summed E-state index contributed by atoms with van der Waals surface area (Å²) in [5, 5.41) is 6.86. The van der Waals surface area contributed by atoms with Gasteiger partial charge in [0, 0.05) is 42.8 Å². The molecule has 1 aliphatic rings. The first-order valence-electron chi connectivity index (χ1n) is 11.3. The Morgan fingerprint density at radius 2 is 1.75 bits per heavy atom. The van der Waals surface area contributed by atoms with E-state index in [9.17, 15) is 4.79 Å². The van der Waals surface area contributed by atoms with Gasteiger partial charge in [0.1, 0.15) is 5.76 Å². The molecule has 6 heteroatoms. The van der Waals surface area contributed by atoms with E-state index in [4.69, 9.17) is 4.52 Å². The van der Waals surface area contributed by atoms with Crippen LogP contribution in [-0.4, -0.2) is 29.1 Å². The molecule has 2 atom stereocenters. The number of hydrogen-bond donors (Lipinski definition) is 1. The number of benzene rings is 1. The van der Waals surface area contributed by atoms with Crippen molar-refractivity contribution in [1.29, 1.82) is 0 Å². The highest BCUT2D eigenvalue weighted by Gasteiger charge is 2.23. The van der Waals surface area contributed by atoms with Crippen molar-refractivity contribution in [2.75, 3.05) is 18.0 Å². The summed E-state index contributed by atoms with van der Waals surface area (Å²) >= 11 is 0. The fourth-order valence-electron chi connectivity index (χ4n) is 4.81. The summed E-state index contributed by atoms with van der Waals surface area (Å²) < 4.78 is 5.05. The molecule has 2 aromatic heterocycles. The molecule has 4 rings (SSSR count). The number of nitrogens with one attached hydrogen (secondary N) is 1. The van der Waals surface area contributed by atoms with Gasteiger partial charge >= 0.3 is 0 Å². The van der Waals surface area contributed by atoms with Crippen LogP contribution < -0.4 is 10.2 Å². The number of anilines is 1. The number of carbonyl (C=O) groups excluding carboxylic acids is 1. The largest absolute Gasteiger partial charge is 0.371 e. The van der Waals surface area contributed by atoms with Crippen LogP contribution in [0.3, 0.4) is 0 Å². The van der Waals surface area contributed by atoms with Crippen LogP contribution in [0, 0.1) is 32.6 Å². The van der Waals surface area contributed by atoms with E-state index in [1.54, 1.807) is 13.0 Å². The lowest BCUT2D eigenvalue weighted by Gasteiger charge is -2.37. The first-order chi connectivity index (χ1) is 15.3. The van der Waals surface area contributed by atoms with Gasteiger partial charge in [-0.2, -0.15) is 0 Å². The van der Waals surface area contributed by atoms with Crippen LogP contribution in [0.1, 0.15) is 53.5 Å². The highest BCUT2D eigenvalue weighted by Crippen LogP contribution is 2.32. The third-order valence-corrected chi connectivity index (χ3v) is 6.02. The Labute approximate surface area is 190 Å².